The predicted molar refractivity (Wildman–Crippen MR) is 208 cm³/mol. The number of methoxy groups -OCH3 is 2. The fourth-order valence-electron chi connectivity index (χ4n) is 7.71. The first-order valence-corrected chi connectivity index (χ1v) is 19.2. The van der Waals surface area contributed by atoms with E-state index in [2.05, 4.69) is 34.9 Å². The van der Waals surface area contributed by atoms with Gasteiger partial charge in [0.2, 0.25) is 23.6 Å². The minimum atomic E-state index is -0.723. The van der Waals surface area contributed by atoms with Crippen molar-refractivity contribution in [2.24, 2.45) is 11.8 Å². The lowest BCUT2D eigenvalue weighted by Gasteiger charge is -2.29. The van der Waals surface area contributed by atoms with Crippen molar-refractivity contribution in [1.29, 1.82) is 0 Å². The monoisotopic (exact) mass is 764 g/mol. The van der Waals surface area contributed by atoms with Crippen LogP contribution in [0, 0.1) is 11.8 Å². The third kappa shape index (κ3) is 7.64. The van der Waals surface area contributed by atoms with Crippen LogP contribution < -0.4 is 10.6 Å². The van der Waals surface area contributed by atoms with Crippen LogP contribution in [0.25, 0.3) is 44.5 Å². The highest BCUT2D eigenvalue weighted by Gasteiger charge is 2.40. The lowest BCUT2D eigenvalue weighted by atomic mass is 10.00. The van der Waals surface area contributed by atoms with Gasteiger partial charge in [0.15, 0.2) is 11.2 Å². The zero-order valence-electron chi connectivity index (χ0n) is 32.5. The molecule has 56 heavy (non-hydrogen) atoms. The number of fused-ring (bicyclic) bond motifs is 2. The van der Waals surface area contributed by atoms with Crippen molar-refractivity contribution in [3.05, 3.63) is 72.4 Å². The van der Waals surface area contributed by atoms with Crippen LogP contribution in [0.1, 0.15) is 77.2 Å². The summed E-state index contributed by atoms with van der Waals surface area (Å²) in [6.45, 7) is 8.64. The standard InChI is InChI=1S/C42H48N6O8/c1-23(2)35(45-41(51)53-5)39(49)47-19-7-9-31(47)37-43-29-17-15-27(21-33(29)55-37)25-11-13-26(14-12-25)28-16-18-30-34(22-28)56-38(44-30)32-10-8-20-48(32)40(50)36(24(3)4)46-42(52)54-6/h11-18,21-24,31-32,35-36H,7-10,19-20H2,1-6H3,(H,45,51)(H,46,52)/t31-,32-,35-,36-/m0/s1. The molecule has 2 N–H and O–H groups in total. The zero-order valence-corrected chi connectivity index (χ0v) is 32.5. The Morgan fingerprint density at radius 1 is 0.625 bits per heavy atom. The number of benzene rings is 3. The molecule has 2 aliphatic rings. The molecule has 0 spiro atoms. The highest BCUT2D eigenvalue weighted by Crippen LogP contribution is 2.37. The lowest BCUT2D eigenvalue weighted by molar-refractivity contribution is -0.136. The minimum absolute atomic E-state index is 0.132. The van der Waals surface area contributed by atoms with Crippen molar-refractivity contribution in [3.8, 4) is 22.3 Å². The van der Waals surface area contributed by atoms with Crippen molar-refractivity contribution in [2.75, 3.05) is 27.3 Å². The van der Waals surface area contributed by atoms with E-state index in [1.54, 1.807) is 9.80 Å². The van der Waals surface area contributed by atoms with Gasteiger partial charge in [0.05, 0.1) is 14.2 Å². The number of alkyl carbamates (subject to hydrolysis) is 2. The normalized spacial score (nSPS) is 18.1. The van der Waals surface area contributed by atoms with E-state index in [9.17, 15) is 19.2 Å². The van der Waals surface area contributed by atoms with Gasteiger partial charge in [0.25, 0.3) is 0 Å². The van der Waals surface area contributed by atoms with Crippen LogP contribution in [0.4, 0.5) is 9.59 Å². The van der Waals surface area contributed by atoms with Gasteiger partial charge in [0, 0.05) is 13.1 Å². The van der Waals surface area contributed by atoms with Gasteiger partial charge in [0.1, 0.15) is 35.2 Å². The Hall–Kier alpha value is -5.92. The number of rotatable bonds is 10. The minimum Gasteiger partial charge on any atom is -0.453 e. The molecule has 2 aromatic heterocycles. The molecule has 2 aliphatic heterocycles. The van der Waals surface area contributed by atoms with Crippen LogP contribution >= 0.6 is 0 Å². The summed E-state index contributed by atoms with van der Waals surface area (Å²) in [5.74, 6) is 0.329. The topological polar surface area (TPSA) is 169 Å². The highest BCUT2D eigenvalue weighted by atomic mass is 16.5. The molecule has 4 atom stereocenters. The average molecular weight is 765 g/mol. The molecule has 3 aromatic carbocycles. The molecule has 4 amide bonds. The number of nitrogens with zero attached hydrogens (tertiary/aromatic N) is 4. The fourth-order valence-corrected chi connectivity index (χ4v) is 7.71. The molecule has 0 bridgehead atoms. The third-order valence-corrected chi connectivity index (χ3v) is 10.8. The molecule has 7 rings (SSSR count). The van der Waals surface area contributed by atoms with E-state index in [1.165, 1.54) is 14.2 Å². The van der Waals surface area contributed by atoms with E-state index in [1.807, 2.05) is 64.1 Å². The molecule has 0 unspecified atom stereocenters. The summed E-state index contributed by atoms with van der Waals surface area (Å²) in [4.78, 5) is 64.1. The number of oxazole rings is 2. The molecule has 2 saturated heterocycles. The first kappa shape index (κ1) is 38.4. The summed E-state index contributed by atoms with van der Waals surface area (Å²) < 4.78 is 22.1. The average Bonchev–Trinajstić information content (AvgIpc) is 4.03. The van der Waals surface area contributed by atoms with Crippen LogP contribution in [0.5, 0.6) is 0 Å². The van der Waals surface area contributed by atoms with E-state index >= 15 is 0 Å². The summed E-state index contributed by atoms with van der Waals surface area (Å²) in [5, 5.41) is 5.36. The number of amides is 4. The number of ether oxygens (including phenoxy) is 2. The molecule has 0 saturated carbocycles. The van der Waals surface area contributed by atoms with Crippen molar-refractivity contribution < 1.29 is 37.5 Å². The summed E-state index contributed by atoms with van der Waals surface area (Å²) in [6, 6.07) is 17.9. The Morgan fingerprint density at radius 2 is 1.00 bits per heavy atom. The number of nitrogens with one attached hydrogen (secondary N) is 2. The molecule has 0 aliphatic carbocycles. The number of likely N-dealkylation sites (tertiary alicyclic amines) is 2. The van der Waals surface area contributed by atoms with Crippen LogP contribution in [-0.2, 0) is 19.1 Å². The molecule has 14 nitrogen and oxygen atoms in total. The number of carbonyl (C=O) groups is 4. The fraction of sp³-hybridized carbons (Fsp3) is 0.429. The summed E-state index contributed by atoms with van der Waals surface area (Å²) in [6.07, 6.45) is 1.75. The van der Waals surface area contributed by atoms with Crippen molar-refractivity contribution in [3.63, 3.8) is 0 Å². The molecule has 4 heterocycles. The Balaban J connectivity index is 1.06. The van der Waals surface area contributed by atoms with Gasteiger partial charge in [-0.3, -0.25) is 9.59 Å². The lowest BCUT2D eigenvalue weighted by Crippen LogP contribution is -2.51. The quantitative estimate of drug-likeness (QED) is 0.146. The SMILES string of the molecule is COC(=O)N[C@H](C(=O)N1CCC[C@H]1c1nc2ccc(-c3ccc(-c4ccc5nc([C@@H]6CCCN6C(=O)[C@@H](NC(=O)OC)C(C)C)oc5c4)cc3)cc2o1)C(C)C. The molecule has 5 aromatic rings. The Bertz CT molecular complexity index is 2090. The van der Waals surface area contributed by atoms with E-state index in [0.29, 0.717) is 59.9 Å². The highest BCUT2D eigenvalue weighted by molar-refractivity contribution is 5.88. The van der Waals surface area contributed by atoms with Gasteiger partial charge >= 0.3 is 12.2 Å². The van der Waals surface area contributed by atoms with Gasteiger partial charge in [-0.05, 0) is 84.0 Å². The number of carbonyl (C=O) groups excluding carboxylic acids is 4. The Kier molecular flexibility index (Phi) is 11.0. The van der Waals surface area contributed by atoms with Crippen molar-refractivity contribution >= 4 is 46.2 Å². The van der Waals surface area contributed by atoms with Gasteiger partial charge in [-0.2, -0.15) is 0 Å². The molecular weight excluding hydrogens is 716 g/mol. The van der Waals surface area contributed by atoms with Crippen LogP contribution in [0.2, 0.25) is 0 Å². The Morgan fingerprint density at radius 3 is 1.36 bits per heavy atom. The van der Waals surface area contributed by atoms with Crippen molar-refractivity contribution in [2.45, 2.75) is 77.5 Å². The van der Waals surface area contributed by atoms with E-state index < -0.39 is 24.3 Å². The summed E-state index contributed by atoms with van der Waals surface area (Å²) in [7, 11) is 2.56. The van der Waals surface area contributed by atoms with E-state index in [4.69, 9.17) is 28.3 Å². The van der Waals surface area contributed by atoms with Gasteiger partial charge in [-0.25, -0.2) is 19.6 Å². The maximum absolute atomic E-state index is 13.6. The molecule has 0 radical (unpaired) electrons. The van der Waals surface area contributed by atoms with Gasteiger partial charge in [-0.1, -0.05) is 64.1 Å². The van der Waals surface area contributed by atoms with Gasteiger partial charge in [-0.15, -0.1) is 0 Å². The predicted octanol–water partition coefficient (Wildman–Crippen LogP) is 7.39. The first-order valence-electron chi connectivity index (χ1n) is 19.2. The largest absolute Gasteiger partial charge is 0.453 e. The second-order valence-corrected chi connectivity index (χ2v) is 15.1. The number of hydrogen-bond acceptors (Lipinski definition) is 10. The maximum Gasteiger partial charge on any atom is 0.407 e. The van der Waals surface area contributed by atoms with Gasteiger partial charge < -0.3 is 38.7 Å². The smallest absolute Gasteiger partial charge is 0.407 e. The summed E-state index contributed by atoms with van der Waals surface area (Å²) >= 11 is 0. The van der Waals surface area contributed by atoms with Crippen molar-refractivity contribution in [1.82, 2.24) is 30.4 Å². The zero-order chi connectivity index (χ0) is 39.7. The Labute approximate surface area is 324 Å². The summed E-state index contributed by atoms with van der Waals surface area (Å²) in [5.41, 5.74) is 6.57. The third-order valence-electron chi connectivity index (χ3n) is 10.8. The molecule has 2 fully saturated rings. The first-order chi connectivity index (χ1) is 26.9. The maximum atomic E-state index is 13.6. The van der Waals surface area contributed by atoms with Crippen LogP contribution in [-0.4, -0.2) is 83.2 Å². The van der Waals surface area contributed by atoms with Crippen LogP contribution in [0.15, 0.2) is 69.5 Å². The van der Waals surface area contributed by atoms with E-state index in [0.717, 1.165) is 35.1 Å². The molecular formula is C42H48N6O8. The second-order valence-electron chi connectivity index (χ2n) is 15.1. The number of aromatic nitrogens is 2. The second kappa shape index (κ2) is 16.0. The molecule has 14 heteroatoms. The molecule has 294 valence electrons. The number of hydrogen-bond donors (Lipinski definition) is 2. The van der Waals surface area contributed by atoms with E-state index in [-0.39, 0.29) is 35.7 Å². The van der Waals surface area contributed by atoms with Crippen LogP contribution in [0.3, 0.4) is 0 Å².